The molecule has 2 aliphatic heterocycles. The van der Waals surface area contributed by atoms with E-state index in [0.717, 1.165) is 25.4 Å². The minimum absolute atomic E-state index is 0. The Balaban J connectivity index is 0.000000750. The molecule has 3 nitrogen and oxygen atoms in total. The standard InChI is InChI=1S/C10H16N2O.ClH/c13-10(12-3-1-2-4-12)9-6-7-5-8(7)11-9;/h7-9,11H,1-6H2;1H/t7-,8-,9-;/m0./s1. The quantitative estimate of drug-likeness (QED) is 0.703. The molecule has 0 radical (unpaired) electrons. The van der Waals surface area contributed by atoms with E-state index in [1.54, 1.807) is 0 Å². The summed E-state index contributed by atoms with van der Waals surface area (Å²) in [5.41, 5.74) is 0. The van der Waals surface area contributed by atoms with Gasteiger partial charge in [-0.3, -0.25) is 4.79 Å². The molecule has 0 bridgehead atoms. The lowest BCUT2D eigenvalue weighted by Crippen LogP contribution is -2.43. The largest absolute Gasteiger partial charge is 0.341 e. The van der Waals surface area contributed by atoms with E-state index in [2.05, 4.69) is 5.32 Å². The number of nitrogens with zero attached hydrogens (tertiary/aromatic N) is 1. The van der Waals surface area contributed by atoms with Gasteiger partial charge in [0.05, 0.1) is 6.04 Å². The van der Waals surface area contributed by atoms with E-state index in [1.807, 2.05) is 4.90 Å². The second-order valence-electron chi connectivity index (χ2n) is 4.59. The molecule has 3 aliphatic rings. The van der Waals surface area contributed by atoms with Crippen molar-refractivity contribution in [1.82, 2.24) is 10.2 Å². The molecular formula is C10H17ClN2O. The Bertz CT molecular complexity index is 230. The molecule has 1 N–H and O–H groups in total. The summed E-state index contributed by atoms with van der Waals surface area (Å²) >= 11 is 0. The Morgan fingerprint density at radius 1 is 1.21 bits per heavy atom. The normalized spacial score (nSPS) is 39.1. The first-order valence-corrected chi connectivity index (χ1v) is 5.39. The first-order valence-electron chi connectivity index (χ1n) is 5.39. The van der Waals surface area contributed by atoms with E-state index in [1.165, 1.54) is 19.3 Å². The number of likely N-dealkylation sites (tertiary alicyclic amines) is 1. The van der Waals surface area contributed by atoms with Crippen LogP contribution in [0.2, 0.25) is 0 Å². The van der Waals surface area contributed by atoms with Gasteiger partial charge in [-0.1, -0.05) is 0 Å². The summed E-state index contributed by atoms with van der Waals surface area (Å²) in [5.74, 6) is 1.20. The van der Waals surface area contributed by atoms with Crippen LogP contribution in [0.15, 0.2) is 0 Å². The fraction of sp³-hybridized carbons (Fsp3) is 0.900. The first kappa shape index (κ1) is 10.2. The fourth-order valence-corrected chi connectivity index (χ4v) is 2.67. The highest BCUT2D eigenvalue weighted by molar-refractivity contribution is 5.85. The topological polar surface area (TPSA) is 32.3 Å². The number of hydrogen-bond donors (Lipinski definition) is 1. The van der Waals surface area contributed by atoms with Crippen LogP contribution in [-0.4, -0.2) is 36.0 Å². The average molecular weight is 217 g/mol. The number of rotatable bonds is 1. The third-order valence-corrected chi connectivity index (χ3v) is 3.59. The molecule has 0 unspecified atom stereocenters. The maximum Gasteiger partial charge on any atom is 0.239 e. The minimum atomic E-state index is 0. The highest BCUT2D eigenvalue weighted by Crippen LogP contribution is 2.41. The Morgan fingerprint density at radius 3 is 2.50 bits per heavy atom. The Morgan fingerprint density at radius 2 is 1.93 bits per heavy atom. The zero-order valence-electron chi connectivity index (χ0n) is 8.24. The van der Waals surface area contributed by atoms with Gasteiger partial charge in [0.15, 0.2) is 0 Å². The van der Waals surface area contributed by atoms with Gasteiger partial charge < -0.3 is 10.2 Å². The van der Waals surface area contributed by atoms with E-state index in [4.69, 9.17) is 0 Å². The molecule has 1 aliphatic carbocycles. The highest BCUT2D eigenvalue weighted by atomic mass is 35.5. The van der Waals surface area contributed by atoms with Gasteiger partial charge in [-0.15, -0.1) is 12.4 Å². The van der Waals surface area contributed by atoms with E-state index in [9.17, 15) is 4.79 Å². The summed E-state index contributed by atoms with van der Waals surface area (Å²) in [5, 5.41) is 3.41. The second-order valence-corrected chi connectivity index (χ2v) is 4.59. The predicted octanol–water partition coefficient (Wildman–Crippen LogP) is 0.781. The molecular weight excluding hydrogens is 200 g/mol. The third kappa shape index (κ3) is 1.63. The highest BCUT2D eigenvalue weighted by Gasteiger charge is 2.48. The molecule has 80 valence electrons. The van der Waals surface area contributed by atoms with Crippen molar-refractivity contribution in [2.24, 2.45) is 5.92 Å². The monoisotopic (exact) mass is 216 g/mol. The van der Waals surface area contributed by atoms with Crippen molar-refractivity contribution in [1.29, 1.82) is 0 Å². The lowest BCUT2D eigenvalue weighted by molar-refractivity contribution is -0.132. The smallest absolute Gasteiger partial charge is 0.239 e. The number of fused-ring (bicyclic) bond motifs is 1. The van der Waals surface area contributed by atoms with E-state index in [0.29, 0.717) is 11.9 Å². The lowest BCUT2D eigenvalue weighted by atomic mass is 10.1. The fourth-order valence-electron chi connectivity index (χ4n) is 2.67. The molecule has 2 saturated heterocycles. The molecule has 14 heavy (non-hydrogen) atoms. The van der Waals surface area contributed by atoms with Crippen molar-refractivity contribution in [3.63, 3.8) is 0 Å². The average Bonchev–Trinajstić information content (AvgIpc) is 2.63. The van der Waals surface area contributed by atoms with E-state index >= 15 is 0 Å². The molecule has 0 aromatic heterocycles. The number of carbonyl (C=O) groups excluding carboxylic acids is 1. The van der Waals surface area contributed by atoms with Crippen LogP contribution < -0.4 is 5.32 Å². The zero-order valence-corrected chi connectivity index (χ0v) is 9.05. The summed E-state index contributed by atoms with van der Waals surface area (Å²) in [6, 6.07) is 0.860. The Kier molecular flexibility index (Phi) is 2.71. The van der Waals surface area contributed by atoms with Crippen LogP contribution >= 0.6 is 12.4 Å². The van der Waals surface area contributed by atoms with Gasteiger partial charge in [0, 0.05) is 19.1 Å². The van der Waals surface area contributed by atoms with Crippen molar-refractivity contribution in [3.8, 4) is 0 Å². The maximum atomic E-state index is 11.9. The zero-order chi connectivity index (χ0) is 8.84. The molecule has 4 heteroatoms. The molecule has 0 spiro atoms. The summed E-state index contributed by atoms with van der Waals surface area (Å²) < 4.78 is 0. The number of halogens is 1. The number of amides is 1. The molecule has 3 atom stereocenters. The summed E-state index contributed by atoms with van der Waals surface area (Å²) in [6.45, 7) is 1.98. The number of carbonyl (C=O) groups is 1. The van der Waals surface area contributed by atoms with Crippen LogP contribution in [0.25, 0.3) is 0 Å². The lowest BCUT2D eigenvalue weighted by Gasteiger charge is -2.21. The first-order chi connectivity index (χ1) is 6.34. The van der Waals surface area contributed by atoms with Gasteiger partial charge in [0.2, 0.25) is 5.91 Å². The van der Waals surface area contributed by atoms with Gasteiger partial charge in [-0.25, -0.2) is 0 Å². The van der Waals surface area contributed by atoms with Gasteiger partial charge >= 0.3 is 0 Å². The molecule has 0 aromatic rings. The maximum absolute atomic E-state index is 11.9. The van der Waals surface area contributed by atoms with Gasteiger partial charge in [-0.2, -0.15) is 0 Å². The molecule has 2 heterocycles. The molecule has 0 aromatic carbocycles. The summed E-state index contributed by atoms with van der Waals surface area (Å²) in [7, 11) is 0. The van der Waals surface area contributed by atoms with E-state index in [-0.39, 0.29) is 18.4 Å². The Labute approximate surface area is 90.6 Å². The minimum Gasteiger partial charge on any atom is -0.341 e. The van der Waals surface area contributed by atoms with E-state index < -0.39 is 0 Å². The van der Waals surface area contributed by atoms with Gasteiger partial charge in [0.25, 0.3) is 0 Å². The van der Waals surface area contributed by atoms with Crippen LogP contribution in [-0.2, 0) is 4.79 Å². The molecule has 3 fully saturated rings. The van der Waals surface area contributed by atoms with Gasteiger partial charge in [-0.05, 0) is 31.6 Å². The van der Waals surface area contributed by atoms with Crippen molar-refractivity contribution in [3.05, 3.63) is 0 Å². The van der Waals surface area contributed by atoms with Crippen molar-refractivity contribution in [2.75, 3.05) is 13.1 Å². The van der Waals surface area contributed by atoms with Crippen LogP contribution in [0.4, 0.5) is 0 Å². The molecule has 1 saturated carbocycles. The number of hydrogen-bond acceptors (Lipinski definition) is 2. The van der Waals surface area contributed by atoms with Crippen LogP contribution in [0.5, 0.6) is 0 Å². The third-order valence-electron chi connectivity index (χ3n) is 3.59. The summed E-state index contributed by atoms with van der Waals surface area (Å²) in [4.78, 5) is 13.9. The summed E-state index contributed by atoms with van der Waals surface area (Å²) in [6.07, 6.45) is 4.81. The van der Waals surface area contributed by atoms with Crippen LogP contribution in [0, 0.1) is 5.92 Å². The number of nitrogens with one attached hydrogen (secondary N) is 1. The molecule has 3 rings (SSSR count). The van der Waals surface area contributed by atoms with Crippen molar-refractivity contribution >= 4 is 18.3 Å². The van der Waals surface area contributed by atoms with Crippen molar-refractivity contribution < 1.29 is 4.79 Å². The predicted molar refractivity (Wildman–Crippen MR) is 56.5 cm³/mol. The number of piperidine rings is 1. The van der Waals surface area contributed by atoms with Crippen molar-refractivity contribution in [2.45, 2.75) is 37.8 Å². The van der Waals surface area contributed by atoms with Crippen LogP contribution in [0.1, 0.15) is 25.7 Å². The molecule has 1 amide bonds. The van der Waals surface area contributed by atoms with Crippen LogP contribution in [0.3, 0.4) is 0 Å². The van der Waals surface area contributed by atoms with Gasteiger partial charge in [0.1, 0.15) is 0 Å². The SMILES string of the molecule is Cl.O=C([C@@H]1C[C@@H]2C[C@@H]2N1)N1CCCC1. The second kappa shape index (κ2) is 3.70. The Hall–Kier alpha value is -0.280.